The van der Waals surface area contributed by atoms with Crippen molar-refractivity contribution in [3.05, 3.63) is 24.3 Å². The summed E-state index contributed by atoms with van der Waals surface area (Å²) in [5.74, 6) is 1.54. The maximum Gasteiger partial charge on any atom is 0.121 e. The van der Waals surface area contributed by atoms with Gasteiger partial charge in [0, 0.05) is 17.7 Å². The SMILES string of the molecule is Nc1cccc(OCCC2COC2)c1. The highest BCUT2D eigenvalue weighted by atomic mass is 16.5. The van der Waals surface area contributed by atoms with Crippen LogP contribution in [0.3, 0.4) is 0 Å². The van der Waals surface area contributed by atoms with Crippen LogP contribution < -0.4 is 10.5 Å². The molecule has 0 radical (unpaired) electrons. The fraction of sp³-hybridized carbons (Fsp3) is 0.455. The molecule has 14 heavy (non-hydrogen) atoms. The molecule has 3 nitrogen and oxygen atoms in total. The standard InChI is InChI=1S/C11H15NO2/c12-10-2-1-3-11(6-10)14-5-4-9-7-13-8-9/h1-3,6,9H,4-5,7-8,12H2. The van der Waals surface area contributed by atoms with Crippen LogP contribution in [0.15, 0.2) is 24.3 Å². The number of ether oxygens (including phenoxy) is 2. The summed E-state index contributed by atoms with van der Waals surface area (Å²) in [6.07, 6.45) is 1.06. The first kappa shape index (κ1) is 9.34. The molecule has 0 amide bonds. The Morgan fingerprint density at radius 1 is 1.43 bits per heavy atom. The molecule has 1 aromatic carbocycles. The lowest BCUT2D eigenvalue weighted by molar-refractivity contribution is -0.0401. The Labute approximate surface area is 83.8 Å². The zero-order valence-corrected chi connectivity index (χ0v) is 8.11. The van der Waals surface area contributed by atoms with Crippen molar-refractivity contribution >= 4 is 5.69 Å². The number of hydrogen-bond acceptors (Lipinski definition) is 3. The summed E-state index contributed by atoms with van der Waals surface area (Å²) >= 11 is 0. The van der Waals surface area contributed by atoms with Crippen LogP contribution in [0.1, 0.15) is 6.42 Å². The second-order valence-corrected chi connectivity index (χ2v) is 3.61. The summed E-state index contributed by atoms with van der Waals surface area (Å²) in [5.41, 5.74) is 6.37. The van der Waals surface area contributed by atoms with Crippen molar-refractivity contribution in [2.75, 3.05) is 25.6 Å². The fourth-order valence-corrected chi connectivity index (χ4v) is 1.40. The minimum Gasteiger partial charge on any atom is -0.494 e. The van der Waals surface area contributed by atoms with Crippen molar-refractivity contribution in [2.45, 2.75) is 6.42 Å². The van der Waals surface area contributed by atoms with E-state index in [9.17, 15) is 0 Å². The summed E-state index contributed by atoms with van der Waals surface area (Å²) in [6.45, 7) is 2.53. The van der Waals surface area contributed by atoms with E-state index in [0.29, 0.717) is 5.92 Å². The monoisotopic (exact) mass is 193 g/mol. The van der Waals surface area contributed by atoms with Crippen LogP contribution in [0.5, 0.6) is 5.75 Å². The summed E-state index contributed by atoms with van der Waals surface area (Å²) < 4.78 is 10.6. The van der Waals surface area contributed by atoms with Crippen LogP contribution in [-0.4, -0.2) is 19.8 Å². The van der Waals surface area contributed by atoms with Gasteiger partial charge in [-0.05, 0) is 18.6 Å². The summed E-state index contributed by atoms with van der Waals surface area (Å²) in [5, 5.41) is 0. The first-order valence-electron chi connectivity index (χ1n) is 4.90. The van der Waals surface area contributed by atoms with Gasteiger partial charge >= 0.3 is 0 Å². The Balaban J connectivity index is 1.74. The van der Waals surface area contributed by atoms with Gasteiger partial charge in [-0.25, -0.2) is 0 Å². The predicted molar refractivity (Wildman–Crippen MR) is 55.3 cm³/mol. The highest BCUT2D eigenvalue weighted by Crippen LogP contribution is 2.17. The van der Waals surface area contributed by atoms with Crippen molar-refractivity contribution in [1.82, 2.24) is 0 Å². The zero-order chi connectivity index (χ0) is 9.80. The third-order valence-corrected chi connectivity index (χ3v) is 2.36. The van der Waals surface area contributed by atoms with E-state index in [4.69, 9.17) is 15.2 Å². The van der Waals surface area contributed by atoms with Gasteiger partial charge in [0.25, 0.3) is 0 Å². The van der Waals surface area contributed by atoms with Gasteiger partial charge in [-0.15, -0.1) is 0 Å². The van der Waals surface area contributed by atoms with Crippen LogP contribution in [-0.2, 0) is 4.74 Å². The van der Waals surface area contributed by atoms with Crippen molar-refractivity contribution < 1.29 is 9.47 Å². The minimum atomic E-state index is 0.691. The fourth-order valence-electron chi connectivity index (χ4n) is 1.40. The van der Waals surface area contributed by atoms with E-state index in [0.717, 1.165) is 37.7 Å². The number of hydrogen-bond donors (Lipinski definition) is 1. The average Bonchev–Trinajstić information content (AvgIpc) is 2.09. The Kier molecular flexibility index (Phi) is 2.89. The van der Waals surface area contributed by atoms with E-state index in [-0.39, 0.29) is 0 Å². The third-order valence-electron chi connectivity index (χ3n) is 2.36. The van der Waals surface area contributed by atoms with Crippen molar-refractivity contribution in [1.29, 1.82) is 0 Å². The number of anilines is 1. The average molecular weight is 193 g/mol. The maximum atomic E-state index is 5.63. The van der Waals surface area contributed by atoms with Gasteiger partial charge in [0.1, 0.15) is 5.75 Å². The summed E-state index contributed by atoms with van der Waals surface area (Å²) in [6, 6.07) is 7.52. The molecule has 1 fully saturated rings. The predicted octanol–water partition coefficient (Wildman–Crippen LogP) is 1.68. The Morgan fingerprint density at radius 3 is 2.93 bits per heavy atom. The second kappa shape index (κ2) is 4.33. The largest absolute Gasteiger partial charge is 0.494 e. The lowest BCUT2D eigenvalue weighted by atomic mass is 10.1. The van der Waals surface area contributed by atoms with E-state index in [1.165, 1.54) is 0 Å². The van der Waals surface area contributed by atoms with Gasteiger partial charge in [-0.2, -0.15) is 0 Å². The Hall–Kier alpha value is -1.22. The maximum absolute atomic E-state index is 5.63. The molecular formula is C11H15NO2. The van der Waals surface area contributed by atoms with Gasteiger partial charge in [0.2, 0.25) is 0 Å². The molecule has 1 heterocycles. The molecule has 2 N–H and O–H groups in total. The highest BCUT2D eigenvalue weighted by Gasteiger charge is 2.17. The highest BCUT2D eigenvalue weighted by molar-refractivity contribution is 5.43. The Morgan fingerprint density at radius 2 is 2.29 bits per heavy atom. The number of benzene rings is 1. The molecule has 0 aliphatic carbocycles. The van der Waals surface area contributed by atoms with Gasteiger partial charge in [-0.3, -0.25) is 0 Å². The normalized spacial score (nSPS) is 16.3. The first-order chi connectivity index (χ1) is 6.84. The molecule has 0 unspecified atom stereocenters. The van der Waals surface area contributed by atoms with Crippen LogP contribution in [0.25, 0.3) is 0 Å². The van der Waals surface area contributed by atoms with E-state index >= 15 is 0 Å². The number of rotatable bonds is 4. The molecule has 0 atom stereocenters. The van der Waals surface area contributed by atoms with E-state index in [1.54, 1.807) is 0 Å². The van der Waals surface area contributed by atoms with Crippen molar-refractivity contribution in [3.63, 3.8) is 0 Å². The van der Waals surface area contributed by atoms with E-state index in [1.807, 2.05) is 24.3 Å². The van der Waals surface area contributed by atoms with Gasteiger partial charge < -0.3 is 15.2 Å². The molecule has 0 spiro atoms. The number of nitrogen functional groups attached to an aromatic ring is 1. The van der Waals surface area contributed by atoms with Crippen LogP contribution >= 0.6 is 0 Å². The summed E-state index contributed by atoms with van der Waals surface area (Å²) in [7, 11) is 0. The van der Waals surface area contributed by atoms with E-state index < -0.39 is 0 Å². The molecule has 1 saturated heterocycles. The van der Waals surface area contributed by atoms with Gasteiger partial charge in [-0.1, -0.05) is 6.07 Å². The topological polar surface area (TPSA) is 44.5 Å². The van der Waals surface area contributed by atoms with Crippen molar-refractivity contribution in [2.24, 2.45) is 5.92 Å². The number of nitrogens with two attached hydrogens (primary N) is 1. The lowest BCUT2D eigenvalue weighted by Gasteiger charge is -2.25. The molecule has 1 aliphatic heterocycles. The molecule has 0 aromatic heterocycles. The second-order valence-electron chi connectivity index (χ2n) is 3.61. The molecule has 1 aromatic rings. The van der Waals surface area contributed by atoms with Crippen LogP contribution in [0, 0.1) is 5.92 Å². The van der Waals surface area contributed by atoms with Crippen LogP contribution in [0.2, 0.25) is 0 Å². The van der Waals surface area contributed by atoms with Gasteiger partial charge in [0.05, 0.1) is 19.8 Å². The molecule has 0 saturated carbocycles. The minimum absolute atomic E-state index is 0.691. The molecule has 0 bridgehead atoms. The molecule has 1 aliphatic rings. The van der Waals surface area contributed by atoms with E-state index in [2.05, 4.69) is 0 Å². The Bertz CT molecular complexity index is 297. The third kappa shape index (κ3) is 2.39. The summed E-state index contributed by atoms with van der Waals surface area (Å²) in [4.78, 5) is 0. The quantitative estimate of drug-likeness (QED) is 0.740. The zero-order valence-electron chi connectivity index (χ0n) is 8.11. The molecule has 76 valence electrons. The molecule has 3 heteroatoms. The van der Waals surface area contributed by atoms with Crippen LogP contribution in [0.4, 0.5) is 5.69 Å². The first-order valence-corrected chi connectivity index (χ1v) is 4.90. The smallest absolute Gasteiger partial charge is 0.121 e. The molecular weight excluding hydrogens is 178 g/mol. The lowest BCUT2D eigenvalue weighted by Crippen LogP contribution is -2.28. The van der Waals surface area contributed by atoms with Crippen molar-refractivity contribution in [3.8, 4) is 5.75 Å². The van der Waals surface area contributed by atoms with Gasteiger partial charge in [0.15, 0.2) is 0 Å². The molecule has 2 rings (SSSR count).